The van der Waals surface area contributed by atoms with Crippen molar-refractivity contribution in [1.29, 1.82) is 0 Å². The predicted molar refractivity (Wildman–Crippen MR) is 84.0 cm³/mol. The molecule has 0 spiro atoms. The summed E-state index contributed by atoms with van der Waals surface area (Å²) in [6.45, 7) is 6.41. The molecule has 0 saturated heterocycles. The molecule has 0 fully saturated rings. The molecule has 2 atom stereocenters. The van der Waals surface area contributed by atoms with Gasteiger partial charge in [-0.3, -0.25) is 4.21 Å². The third-order valence-corrected chi connectivity index (χ3v) is 4.68. The first-order valence-electron chi connectivity index (χ1n) is 6.04. The molecule has 1 aromatic heterocycles. The van der Waals surface area contributed by atoms with E-state index in [1.165, 1.54) is 0 Å². The van der Waals surface area contributed by atoms with Gasteiger partial charge < -0.3 is 11.1 Å². The highest BCUT2D eigenvalue weighted by Crippen LogP contribution is 2.18. The van der Waals surface area contributed by atoms with E-state index in [4.69, 9.17) is 18.0 Å². The van der Waals surface area contributed by atoms with Gasteiger partial charge in [0, 0.05) is 28.9 Å². The second-order valence-corrected chi connectivity index (χ2v) is 6.76. The fraction of sp³-hybridized carbons (Fsp3) is 0.583. The summed E-state index contributed by atoms with van der Waals surface area (Å²) in [6, 6.07) is 0. The van der Waals surface area contributed by atoms with Crippen LogP contribution >= 0.6 is 12.2 Å². The van der Waals surface area contributed by atoms with Gasteiger partial charge in [0.05, 0.1) is 11.3 Å². The Hall–Kier alpha value is -1.08. The van der Waals surface area contributed by atoms with E-state index in [0.29, 0.717) is 17.4 Å². The molecule has 1 heterocycles. The van der Waals surface area contributed by atoms with Crippen LogP contribution in [0.5, 0.6) is 0 Å². The van der Waals surface area contributed by atoms with E-state index in [-0.39, 0.29) is 5.25 Å². The van der Waals surface area contributed by atoms with Crippen LogP contribution in [0.4, 0.5) is 5.82 Å². The molecule has 5 nitrogen and oxygen atoms in total. The van der Waals surface area contributed by atoms with E-state index in [0.717, 1.165) is 23.2 Å². The summed E-state index contributed by atoms with van der Waals surface area (Å²) in [4.78, 5) is 0.310. The molecule has 0 radical (unpaired) electrons. The molecule has 1 aromatic rings. The molecule has 0 aliphatic rings. The Kier molecular flexibility index (Phi) is 5.81. The van der Waals surface area contributed by atoms with Gasteiger partial charge in [-0.15, -0.1) is 5.10 Å². The largest absolute Gasteiger partial charge is 0.389 e. The van der Waals surface area contributed by atoms with Crippen molar-refractivity contribution in [3.63, 3.8) is 0 Å². The van der Waals surface area contributed by atoms with Crippen molar-refractivity contribution < 1.29 is 4.21 Å². The Labute approximate surface area is 121 Å². The Bertz CT molecular complexity index is 505. The highest BCUT2D eigenvalue weighted by atomic mass is 32.2. The second kappa shape index (κ2) is 6.91. The van der Waals surface area contributed by atoms with Gasteiger partial charge >= 0.3 is 0 Å². The summed E-state index contributed by atoms with van der Waals surface area (Å²) in [5.41, 5.74) is 8.24. The Morgan fingerprint density at radius 1 is 1.47 bits per heavy atom. The van der Waals surface area contributed by atoms with Gasteiger partial charge in [-0.2, -0.15) is 5.10 Å². The van der Waals surface area contributed by atoms with Crippen molar-refractivity contribution in [1.82, 2.24) is 10.2 Å². The lowest BCUT2D eigenvalue weighted by Gasteiger charge is -2.14. The molecule has 0 aliphatic heterocycles. The van der Waals surface area contributed by atoms with Crippen molar-refractivity contribution in [3.05, 3.63) is 16.8 Å². The average Bonchev–Trinajstić information content (AvgIpc) is 2.32. The zero-order chi connectivity index (χ0) is 14.6. The van der Waals surface area contributed by atoms with Crippen molar-refractivity contribution in [3.8, 4) is 0 Å². The Balaban J connectivity index is 2.82. The van der Waals surface area contributed by atoms with E-state index in [9.17, 15) is 4.21 Å². The quantitative estimate of drug-likeness (QED) is 0.771. The monoisotopic (exact) mass is 300 g/mol. The summed E-state index contributed by atoms with van der Waals surface area (Å²) >= 11 is 5.06. The molecular formula is C12H20N4OS2. The number of nitrogens with two attached hydrogens (primary N) is 1. The zero-order valence-corrected chi connectivity index (χ0v) is 13.3. The summed E-state index contributed by atoms with van der Waals surface area (Å²) in [6.07, 6.45) is 2.50. The highest BCUT2D eigenvalue weighted by Gasteiger charge is 2.14. The van der Waals surface area contributed by atoms with Gasteiger partial charge in [-0.25, -0.2) is 0 Å². The molecule has 3 N–H and O–H groups in total. The third-order valence-electron chi connectivity index (χ3n) is 3.11. The van der Waals surface area contributed by atoms with E-state index in [1.54, 1.807) is 6.26 Å². The SMILES string of the molecule is Cc1nnc(NCCC(C)S(C)=O)c(C(N)=S)c1C. The Morgan fingerprint density at radius 3 is 2.63 bits per heavy atom. The maximum atomic E-state index is 11.3. The number of thiocarbonyl (C=S) groups is 1. The van der Waals surface area contributed by atoms with Crippen LogP contribution in [0.25, 0.3) is 0 Å². The minimum absolute atomic E-state index is 0.139. The topological polar surface area (TPSA) is 80.9 Å². The molecule has 0 aromatic carbocycles. The van der Waals surface area contributed by atoms with Gasteiger partial charge in [0.25, 0.3) is 0 Å². The van der Waals surface area contributed by atoms with Crippen molar-refractivity contribution >= 4 is 33.8 Å². The number of aryl methyl sites for hydroxylation is 1. The number of nitrogens with zero attached hydrogens (tertiary/aromatic N) is 2. The van der Waals surface area contributed by atoms with Crippen molar-refractivity contribution in [2.45, 2.75) is 32.4 Å². The predicted octanol–water partition coefficient (Wildman–Crippen LogP) is 1.30. The van der Waals surface area contributed by atoms with Crippen molar-refractivity contribution in [2.75, 3.05) is 18.1 Å². The maximum Gasteiger partial charge on any atom is 0.159 e. The number of hydrogen-bond donors (Lipinski definition) is 2. The number of aromatic nitrogens is 2. The van der Waals surface area contributed by atoms with Gasteiger partial charge in [0.1, 0.15) is 4.99 Å². The molecule has 106 valence electrons. The molecule has 0 amide bonds. The molecule has 7 heteroatoms. The number of rotatable bonds is 6. The van der Waals surface area contributed by atoms with E-state index >= 15 is 0 Å². The molecule has 0 bridgehead atoms. The molecule has 0 aliphatic carbocycles. The number of hydrogen-bond acceptors (Lipinski definition) is 5. The van der Waals surface area contributed by atoms with Crippen LogP contribution in [0.1, 0.15) is 30.2 Å². The lowest BCUT2D eigenvalue weighted by molar-refractivity contribution is 0.672. The standard InChI is InChI=1S/C12H20N4OS2/c1-7(19(4)17)5-6-14-12-10(11(13)18)8(2)9(3)15-16-12/h7H,5-6H2,1-4H3,(H2,13,18)(H,14,16). The minimum Gasteiger partial charge on any atom is -0.389 e. The summed E-state index contributed by atoms with van der Waals surface area (Å²) < 4.78 is 11.3. The molecule has 2 unspecified atom stereocenters. The van der Waals surface area contributed by atoms with E-state index in [1.807, 2.05) is 20.8 Å². The van der Waals surface area contributed by atoms with Gasteiger partial charge in [-0.1, -0.05) is 19.1 Å². The van der Waals surface area contributed by atoms with E-state index < -0.39 is 10.8 Å². The number of nitrogens with one attached hydrogen (secondary N) is 1. The second-order valence-electron chi connectivity index (χ2n) is 4.52. The van der Waals surface area contributed by atoms with E-state index in [2.05, 4.69) is 15.5 Å². The van der Waals surface area contributed by atoms with Gasteiger partial charge in [0.15, 0.2) is 5.82 Å². The zero-order valence-electron chi connectivity index (χ0n) is 11.7. The number of anilines is 1. The molecule has 19 heavy (non-hydrogen) atoms. The van der Waals surface area contributed by atoms with Crippen LogP contribution in [0.3, 0.4) is 0 Å². The van der Waals surface area contributed by atoms with Crippen LogP contribution in [0.2, 0.25) is 0 Å². The maximum absolute atomic E-state index is 11.3. The minimum atomic E-state index is -0.817. The van der Waals surface area contributed by atoms with Crippen molar-refractivity contribution in [2.24, 2.45) is 5.73 Å². The molecular weight excluding hydrogens is 280 g/mol. The summed E-state index contributed by atoms with van der Waals surface area (Å²) in [7, 11) is -0.817. The summed E-state index contributed by atoms with van der Waals surface area (Å²) in [5, 5.41) is 11.5. The highest BCUT2D eigenvalue weighted by molar-refractivity contribution is 7.84. The molecule has 0 saturated carbocycles. The lowest BCUT2D eigenvalue weighted by Crippen LogP contribution is -2.20. The fourth-order valence-corrected chi connectivity index (χ4v) is 2.29. The first-order chi connectivity index (χ1) is 8.84. The Morgan fingerprint density at radius 2 is 2.11 bits per heavy atom. The average molecular weight is 300 g/mol. The smallest absolute Gasteiger partial charge is 0.159 e. The first-order valence-corrected chi connectivity index (χ1v) is 8.07. The van der Waals surface area contributed by atoms with Crippen LogP contribution in [0, 0.1) is 13.8 Å². The first kappa shape index (κ1) is 16.0. The normalized spacial score (nSPS) is 13.9. The van der Waals surface area contributed by atoms with Crippen LogP contribution < -0.4 is 11.1 Å². The summed E-state index contributed by atoms with van der Waals surface area (Å²) in [5.74, 6) is 0.602. The lowest BCUT2D eigenvalue weighted by atomic mass is 10.1. The third kappa shape index (κ3) is 4.21. The fourth-order valence-electron chi connectivity index (χ4n) is 1.59. The van der Waals surface area contributed by atoms with Gasteiger partial charge in [-0.05, 0) is 25.8 Å². The van der Waals surface area contributed by atoms with Crippen LogP contribution in [0.15, 0.2) is 0 Å². The van der Waals surface area contributed by atoms with Crippen LogP contribution in [-0.4, -0.2) is 37.4 Å². The molecule has 1 rings (SSSR count). The van der Waals surface area contributed by atoms with Crippen LogP contribution in [-0.2, 0) is 10.8 Å². The van der Waals surface area contributed by atoms with Gasteiger partial charge in [0.2, 0.25) is 0 Å².